The number of methoxy groups -OCH3 is 1. The van der Waals surface area contributed by atoms with Gasteiger partial charge in [0.15, 0.2) is 5.65 Å². The van der Waals surface area contributed by atoms with Crippen LogP contribution in [0.2, 0.25) is 0 Å². The van der Waals surface area contributed by atoms with Crippen molar-refractivity contribution < 1.29 is 19.1 Å². The van der Waals surface area contributed by atoms with Crippen molar-refractivity contribution in [3.8, 4) is 22.4 Å². The van der Waals surface area contributed by atoms with Gasteiger partial charge in [-0.1, -0.05) is 18.2 Å². The minimum absolute atomic E-state index is 0.257. The number of hydrogen-bond acceptors (Lipinski definition) is 8. The standard InChI is InChI=1S/C33H34N6O4/c1-21-27(22-6-9-24(10-7-22)37-14-16-38(17-15-37)32(41)43-33(2,3)4)19-30-35-20-29(39(30)36-21)26-12-13-34-28-18-23(31(40)42-5)8-11-25(26)28/h6-13,18-20H,14-17H2,1-5H3. The Balaban J connectivity index is 1.22. The van der Waals surface area contributed by atoms with Gasteiger partial charge in [0, 0.05) is 54.6 Å². The van der Waals surface area contributed by atoms with Crippen molar-refractivity contribution in [1.82, 2.24) is 24.5 Å². The molecule has 2 aromatic carbocycles. The molecule has 43 heavy (non-hydrogen) atoms. The van der Waals surface area contributed by atoms with Crippen LogP contribution in [0, 0.1) is 6.92 Å². The molecule has 4 heterocycles. The molecule has 0 spiro atoms. The third-order valence-corrected chi connectivity index (χ3v) is 7.59. The maximum Gasteiger partial charge on any atom is 0.410 e. The Labute approximate surface area is 249 Å². The molecule has 10 nitrogen and oxygen atoms in total. The molecule has 0 bridgehead atoms. The number of benzene rings is 2. The van der Waals surface area contributed by atoms with Gasteiger partial charge >= 0.3 is 12.1 Å². The molecule has 220 valence electrons. The van der Waals surface area contributed by atoms with E-state index < -0.39 is 11.6 Å². The molecule has 3 aromatic heterocycles. The van der Waals surface area contributed by atoms with E-state index in [1.54, 1.807) is 23.2 Å². The second-order valence-corrected chi connectivity index (χ2v) is 11.6. The van der Waals surface area contributed by atoms with Crippen molar-refractivity contribution in [3.05, 3.63) is 78.2 Å². The fourth-order valence-electron chi connectivity index (χ4n) is 5.42. The van der Waals surface area contributed by atoms with E-state index in [2.05, 4.69) is 45.2 Å². The molecule has 0 unspecified atom stereocenters. The van der Waals surface area contributed by atoms with Gasteiger partial charge < -0.3 is 19.3 Å². The van der Waals surface area contributed by atoms with Gasteiger partial charge in [-0.05, 0) is 69.7 Å². The molecule has 0 aliphatic carbocycles. The normalized spacial score (nSPS) is 13.9. The number of amides is 1. The van der Waals surface area contributed by atoms with Crippen LogP contribution >= 0.6 is 0 Å². The summed E-state index contributed by atoms with van der Waals surface area (Å²) in [6.45, 7) is 10.4. The first-order valence-corrected chi connectivity index (χ1v) is 14.3. The number of hydrogen-bond donors (Lipinski definition) is 0. The first kappa shape index (κ1) is 28.1. The Hall–Kier alpha value is -4.99. The predicted molar refractivity (Wildman–Crippen MR) is 165 cm³/mol. The number of piperazine rings is 1. The van der Waals surface area contributed by atoms with E-state index in [1.165, 1.54) is 7.11 Å². The minimum Gasteiger partial charge on any atom is -0.465 e. The number of nitrogens with zero attached hydrogens (tertiary/aromatic N) is 6. The average Bonchev–Trinajstić information content (AvgIpc) is 3.41. The van der Waals surface area contributed by atoms with Gasteiger partial charge in [0.25, 0.3) is 0 Å². The van der Waals surface area contributed by atoms with Crippen LogP contribution in [0.15, 0.2) is 67.0 Å². The summed E-state index contributed by atoms with van der Waals surface area (Å²) in [6.07, 6.45) is 3.28. The molecule has 1 aliphatic rings. The largest absolute Gasteiger partial charge is 0.465 e. The molecule has 0 saturated carbocycles. The van der Waals surface area contributed by atoms with Gasteiger partial charge in [-0.15, -0.1) is 0 Å². The number of aryl methyl sites for hydroxylation is 1. The number of rotatable bonds is 4. The lowest BCUT2D eigenvalue weighted by molar-refractivity contribution is 0.0240. The van der Waals surface area contributed by atoms with E-state index in [0.717, 1.165) is 57.9 Å². The van der Waals surface area contributed by atoms with Crippen molar-refractivity contribution in [2.75, 3.05) is 38.2 Å². The van der Waals surface area contributed by atoms with E-state index >= 15 is 0 Å². The lowest BCUT2D eigenvalue weighted by atomic mass is 10.0. The fourth-order valence-corrected chi connectivity index (χ4v) is 5.42. The van der Waals surface area contributed by atoms with Gasteiger partial charge in [0.2, 0.25) is 0 Å². The molecular formula is C33H34N6O4. The Morgan fingerprint density at radius 3 is 2.33 bits per heavy atom. The van der Waals surface area contributed by atoms with Crippen LogP contribution in [-0.2, 0) is 9.47 Å². The van der Waals surface area contributed by atoms with Crippen LogP contribution < -0.4 is 4.90 Å². The first-order chi connectivity index (χ1) is 20.6. The van der Waals surface area contributed by atoms with Crippen LogP contribution in [-0.4, -0.2) is 75.4 Å². The molecule has 6 rings (SSSR count). The SMILES string of the molecule is COC(=O)c1ccc2c(-c3cnc4cc(-c5ccc(N6CCN(C(=O)OC(C)(C)C)CC6)cc5)c(C)nn34)ccnc2c1. The lowest BCUT2D eigenvalue weighted by Crippen LogP contribution is -2.50. The Kier molecular flexibility index (Phi) is 7.21. The summed E-state index contributed by atoms with van der Waals surface area (Å²) in [5.41, 5.74) is 7.18. The Bertz CT molecular complexity index is 1830. The van der Waals surface area contributed by atoms with Crippen molar-refractivity contribution in [2.45, 2.75) is 33.3 Å². The molecule has 0 atom stereocenters. The maximum absolute atomic E-state index is 12.4. The second-order valence-electron chi connectivity index (χ2n) is 11.6. The molecule has 0 radical (unpaired) electrons. The molecule has 1 aliphatic heterocycles. The number of pyridine rings is 1. The number of imidazole rings is 1. The third-order valence-electron chi connectivity index (χ3n) is 7.59. The molecule has 10 heteroatoms. The van der Waals surface area contributed by atoms with Crippen molar-refractivity contribution in [1.29, 1.82) is 0 Å². The zero-order valence-corrected chi connectivity index (χ0v) is 25.0. The summed E-state index contributed by atoms with van der Waals surface area (Å²) >= 11 is 0. The second kappa shape index (κ2) is 11.0. The summed E-state index contributed by atoms with van der Waals surface area (Å²) in [6, 6.07) is 17.8. The van der Waals surface area contributed by atoms with Gasteiger partial charge in [-0.3, -0.25) is 4.98 Å². The topological polar surface area (TPSA) is 102 Å². The minimum atomic E-state index is -0.497. The molecule has 1 amide bonds. The molecule has 1 fully saturated rings. The zero-order chi connectivity index (χ0) is 30.3. The quantitative estimate of drug-likeness (QED) is 0.248. The lowest BCUT2D eigenvalue weighted by Gasteiger charge is -2.36. The highest BCUT2D eigenvalue weighted by atomic mass is 16.6. The van der Waals surface area contributed by atoms with Crippen LogP contribution in [0.4, 0.5) is 10.5 Å². The molecule has 5 aromatic rings. The number of ether oxygens (including phenoxy) is 2. The van der Waals surface area contributed by atoms with Crippen LogP contribution in [0.25, 0.3) is 38.9 Å². The monoisotopic (exact) mass is 578 g/mol. The van der Waals surface area contributed by atoms with Crippen molar-refractivity contribution >= 4 is 34.3 Å². The summed E-state index contributed by atoms with van der Waals surface area (Å²) in [7, 11) is 1.36. The van der Waals surface area contributed by atoms with E-state index in [9.17, 15) is 9.59 Å². The van der Waals surface area contributed by atoms with Crippen LogP contribution in [0.3, 0.4) is 0 Å². The Morgan fingerprint density at radius 2 is 1.63 bits per heavy atom. The smallest absolute Gasteiger partial charge is 0.410 e. The third kappa shape index (κ3) is 5.60. The fraction of sp³-hybridized carbons (Fsp3) is 0.303. The number of anilines is 1. The van der Waals surface area contributed by atoms with E-state index in [0.29, 0.717) is 24.2 Å². The van der Waals surface area contributed by atoms with Crippen LogP contribution in [0.1, 0.15) is 36.8 Å². The van der Waals surface area contributed by atoms with Crippen molar-refractivity contribution in [3.63, 3.8) is 0 Å². The van der Waals surface area contributed by atoms with Gasteiger partial charge in [-0.25, -0.2) is 19.1 Å². The number of esters is 1. The van der Waals surface area contributed by atoms with Gasteiger partial charge in [0.05, 0.1) is 35.8 Å². The summed E-state index contributed by atoms with van der Waals surface area (Å²) in [5, 5.41) is 5.81. The average molecular weight is 579 g/mol. The number of carbonyl (C=O) groups is 2. The molecule has 1 saturated heterocycles. The highest BCUT2D eigenvalue weighted by Crippen LogP contribution is 2.31. The maximum atomic E-state index is 12.4. The molecular weight excluding hydrogens is 544 g/mol. The number of fused-ring (bicyclic) bond motifs is 2. The summed E-state index contributed by atoms with van der Waals surface area (Å²) in [4.78, 5) is 37.6. The summed E-state index contributed by atoms with van der Waals surface area (Å²) < 4.78 is 12.2. The van der Waals surface area contributed by atoms with E-state index in [1.807, 2.05) is 50.5 Å². The van der Waals surface area contributed by atoms with Gasteiger partial charge in [-0.2, -0.15) is 5.10 Å². The summed E-state index contributed by atoms with van der Waals surface area (Å²) in [5.74, 6) is -0.400. The van der Waals surface area contributed by atoms with E-state index in [4.69, 9.17) is 14.6 Å². The Morgan fingerprint density at radius 1 is 0.884 bits per heavy atom. The zero-order valence-electron chi connectivity index (χ0n) is 25.0. The first-order valence-electron chi connectivity index (χ1n) is 14.3. The number of carbonyl (C=O) groups excluding carboxylic acids is 2. The van der Waals surface area contributed by atoms with Crippen LogP contribution in [0.5, 0.6) is 0 Å². The highest BCUT2D eigenvalue weighted by molar-refractivity contribution is 5.99. The number of aromatic nitrogens is 4. The molecule has 0 N–H and O–H groups in total. The predicted octanol–water partition coefficient (Wildman–Crippen LogP) is 5.76. The van der Waals surface area contributed by atoms with E-state index in [-0.39, 0.29) is 6.09 Å². The van der Waals surface area contributed by atoms with Gasteiger partial charge in [0.1, 0.15) is 5.60 Å². The van der Waals surface area contributed by atoms with Crippen molar-refractivity contribution in [2.24, 2.45) is 0 Å². The highest BCUT2D eigenvalue weighted by Gasteiger charge is 2.26.